The van der Waals surface area contributed by atoms with E-state index in [1.807, 2.05) is 11.7 Å². The Balaban J connectivity index is 1.79. The van der Waals surface area contributed by atoms with Gasteiger partial charge in [-0.2, -0.15) is 0 Å². The lowest BCUT2D eigenvalue weighted by molar-refractivity contribution is 0.241. The summed E-state index contributed by atoms with van der Waals surface area (Å²) in [5.74, 6) is 0.942. The molecule has 0 N–H and O–H groups in total. The molecule has 1 aliphatic heterocycles. The highest BCUT2D eigenvalue weighted by Crippen LogP contribution is 2.24. The van der Waals surface area contributed by atoms with Crippen molar-refractivity contribution < 1.29 is 0 Å². The Bertz CT molecular complexity index is 642. The largest absolute Gasteiger partial charge is 0.292 e. The molecule has 0 saturated carbocycles. The number of thiazole rings is 1. The van der Waals surface area contributed by atoms with Crippen LogP contribution >= 0.6 is 11.3 Å². The van der Waals surface area contributed by atoms with E-state index in [1.165, 1.54) is 16.1 Å². The summed E-state index contributed by atoms with van der Waals surface area (Å²) in [6.07, 6.45) is 3.07. The number of hydrogen-bond acceptors (Lipinski definition) is 5. The molecule has 0 aliphatic carbocycles. The van der Waals surface area contributed by atoms with Gasteiger partial charge in [0.1, 0.15) is 5.82 Å². The molecule has 5 heteroatoms. The van der Waals surface area contributed by atoms with Gasteiger partial charge in [-0.1, -0.05) is 20.8 Å². The van der Waals surface area contributed by atoms with Crippen LogP contribution in [0.5, 0.6) is 0 Å². The normalized spacial score (nSPS) is 16.0. The first kappa shape index (κ1) is 14.6. The molecule has 4 nitrogen and oxygen atoms in total. The van der Waals surface area contributed by atoms with Gasteiger partial charge >= 0.3 is 0 Å². The summed E-state index contributed by atoms with van der Waals surface area (Å²) in [7, 11) is 0. The number of nitrogens with zero attached hydrogens (tertiary/aromatic N) is 4. The Kier molecular flexibility index (Phi) is 3.80. The monoisotopic (exact) mass is 302 g/mol. The van der Waals surface area contributed by atoms with E-state index in [0.29, 0.717) is 0 Å². The highest BCUT2D eigenvalue weighted by Gasteiger charge is 2.23. The minimum absolute atomic E-state index is 0.00552. The smallest absolute Gasteiger partial charge is 0.133 e. The number of hydrogen-bond donors (Lipinski definition) is 0. The van der Waals surface area contributed by atoms with Crippen LogP contribution in [0.15, 0.2) is 11.7 Å². The Morgan fingerprint density at radius 3 is 2.76 bits per heavy atom. The summed E-state index contributed by atoms with van der Waals surface area (Å²) in [4.78, 5) is 17.5. The van der Waals surface area contributed by atoms with Crippen LogP contribution in [-0.4, -0.2) is 26.4 Å². The number of rotatable bonds is 2. The molecule has 0 aromatic carbocycles. The third-order valence-corrected chi connectivity index (χ3v) is 4.83. The third kappa shape index (κ3) is 3.14. The molecular weight excluding hydrogens is 280 g/mol. The van der Waals surface area contributed by atoms with E-state index in [2.05, 4.69) is 42.6 Å². The minimum atomic E-state index is 0.00552. The average molecular weight is 302 g/mol. The van der Waals surface area contributed by atoms with Crippen LogP contribution in [0, 0.1) is 6.92 Å². The van der Waals surface area contributed by atoms with Crippen LogP contribution in [-0.2, 0) is 24.9 Å². The summed E-state index contributed by atoms with van der Waals surface area (Å²) in [6, 6.07) is 0. The van der Waals surface area contributed by atoms with Gasteiger partial charge in [-0.15, -0.1) is 11.3 Å². The Morgan fingerprint density at radius 1 is 1.29 bits per heavy atom. The molecule has 112 valence electrons. The molecular formula is C16H22N4S. The second kappa shape index (κ2) is 5.46. The predicted octanol–water partition coefficient (Wildman–Crippen LogP) is 3.10. The summed E-state index contributed by atoms with van der Waals surface area (Å²) in [5.41, 5.74) is 5.60. The highest BCUT2D eigenvalue weighted by atomic mass is 32.1. The first-order chi connectivity index (χ1) is 9.93. The van der Waals surface area contributed by atoms with E-state index in [4.69, 9.17) is 4.98 Å². The average Bonchev–Trinajstić information content (AvgIpc) is 2.82. The second-order valence-electron chi connectivity index (χ2n) is 6.74. The van der Waals surface area contributed by atoms with Crippen molar-refractivity contribution in [2.75, 3.05) is 6.54 Å². The predicted molar refractivity (Wildman–Crippen MR) is 85.4 cm³/mol. The molecule has 3 rings (SSSR count). The van der Waals surface area contributed by atoms with Crippen molar-refractivity contribution in [3.8, 4) is 0 Å². The number of aryl methyl sites for hydroxylation is 1. The van der Waals surface area contributed by atoms with Gasteiger partial charge in [0.25, 0.3) is 0 Å². The van der Waals surface area contributed by atoms with E-state index >= 15 is 0 Å². The lowest BCUT2D eigenvalue weighted by Gasteiger charge is -2.28. The van der Waals surface area contributed by atoms with Gasteiger partial charge in [0.15, 0.2) is 0 Å². The van der Waals surface area contributed by atoms with Gasteiger partial charge in [0, 0.05) is 36.1 Å². The summed E-state index contributed by atoms with van der Waals surface area (Å²) < 4.78 is 0. The van der Waals surface area contributed by atoms with Gasteiger partial charge in [-0.25, -0.2) is 15.0 Å². The van der Waals surface area contributed by atoms with Crippen molar-refractivity contribution in [1.82, 2.24) is 19.9 Å². The molecule has 2 aromatic rings. The van der Waals surface area contributed by atoms with E-state index in [9.17, 15) is 0 Å². The minimum Gasteiger partial charge on any atom is -0.292 e. The lowest BCUT2D eigenvalue weighted by Crippen LogP contribution is -2.32. The van der Waals surface area contributed by atoms with Crippen molar-refractivity contribution in [2.24, 2.45) is 0 Å². The highest BCUT2D eigenvalue weighted by molar-refractivity contribution is 7.09. The molecule has 0 unspecified atom stereocenters. The fourth-order valence-corrected chi connectivity index (χ4v) is 3.35. The van der Waals surface area contributed by atoms with Crippen LogP contribution in [0.2, 0.25) is 0 Å². The van der Waals surface area contributed by atoms with Crippen LogP contribution in [0.4, 0.5) is 0 Å². The molecule has 0 bridgehead atoms. The van der Waals surface area contributed by atoms with Crippen LogP contribution in [0.1, 0.15) is 48.4 Å². The first-order valence-corrected chi connectivity index (χ1v) is 8.28. The van der Waals surface area contributed by atoms with Gasteiger partial charge in [-0.3, -0.25) is 4.90 Å². The van der Waals surface area contributed by atoms with Gasteiger partial charge < -0.3 is 0 Å². The molecule has 0 fully saturated rings. The third-order valence-electron chi connectivity index (χ3n) is 3.91. The van der Waals surface area contributed by atoms with Crippen molar-refractivity contribution in [2.45, 2.75) is 52.6 Å². The fourth-order valence-electron chi connectivity index (χ4n) is 2.53. The van der Waals surface area contributed by atoms with E-state index in [-0.39, 0.29) is 5.41 Å². The van der Waals surface area contributed by atoms with E-state index in [0.717, 1.165) is 37.6 Å². The molecule has 21 heavy (non-hydrogen) atoms. The van der Waals surface area contributed by atoms with Gasteiger partial charge in [0.2, 0.25) is 0 Å². The van der Waals surface area contributed by atoms with Crippen LogP contribution in [0.3, 0.4) is 0 Å². The SMILES string of the molecule is Cc1ncsc1CN1CCc2cnc(C(C)(C)C)nc2C1. The second-order valence-corrected chi connectivity index (χ2v) is 7.68. The van der Waals surface area contributed by atoms with Gasteiger partial charge in [0.05, 0.1) is 16.9 Å². The first-order valence-electron chi connectivity index (χ1n) is 7.40. The summed E-state index contributed by atoms with van der Waals surface area (Å²) >= 11 is 1.75. The molecule has 0 amide bonds. The Hall–Kier alpha value is -1.33. The molecule has 0 radical (unpaired) electrons. The quantitative estimate of drug-likeness (QED) is 0.855. The van der Waals surface area contributed by atoms with Crippen LogP contribution < -0.4 is 0 Å². The van der Waals surface area contributed by atoms with Gasteiger partial charge in [-0.05, 0) is 18.9 Å². The lowest BCUT2D eigenvalue weighted by atomic mass is 9.95. The zero-order chi connectivity index (χ0) is 15.0. The van der Waals surface area contributed by atoms with Crippen molar-refractivity contribution >= 4 is 11.3 Å². The molecule has 0 saturated heterocycles. The zero-order valence-electron chi connectivity index (χ0n) is 13.2. The molecule has 0 spiro atoms. The fraction of sp³-hybridized carbons (Fsp3) is 0.562. The summed E-state index contributed by atoms with van der Waals surface area (Å²) in [6.45, 7) is 11.5. The zero-order valence-corrected chi connectivity index (χ0v) is 14.0. The van der Waals surface area contributed by atoms with Crippen molar-refractivity contribution in [3.05, 3.63) is 39.4 Å². The maximum Gasteiger partial charge on any atom is 0.133 e. The van der Waals surface area contributed by atoms with E-state index < -0.39 is 0 Å². The molecule has 1 aliphatic rings. The molecule has 2 aromatic heterocycles. The van der Waals surface area contributed by atoms with E-state index in [1.54, 1.807) is 11.3 Å². The number of aromatic nitrogens is 3. The maximum atomic E-state index is 4.82. The topological polar surface area (TPSA) is 41.9 Å². The maximum absolute atomic E-state index is 4.82. The standard InChI is InChI=1S/C16H22N4S/c1-11-14(21-10-18-11)9-20-6-5-12-7-17-15(16(2,3)4)19-13(12)8-20/h7,10H,5-6,8-9H2,1-4H3. The molecule has 3 heterocycles. The molecule has 0 atom stereocenters. The van der Waals surface area contributed by atoms with Crippen LogP contribution in [0.25, 0.3) is 0 Å². The number of fused-ring (bicyclic) bond motifs is 1. The van der Waals surface area contributed by atoms with Crippen molar-refractivity contribution in [3.63, 3.8) is 0 Å². The van der Waals surface area contributed by atoms with Crippen molar-refractivity contribution in [1.29, 1.82) is 0 Å². The Morgan fingerprint density at radius 2 is 2.10 bits per heavy atom. The summed E-state index contributed by atoms with van der Waals surface area (Å²) in [5, 5.41) is 0. The Labute approximate surface area is 130 Å².